The van der Waals surface area contributed by atoms with Crippen molar-refractivity contribution in [1.82, 2.24) is 0 Å². The van der Waals surface area contributed by atoms with E-state index in [2.05, 4.69) is 9.98 Å². The zero-order chi connectivity index (χ0) is 13.9. The highest BCUT2D eigenvalue weighted by atomic mass is 32.1. The van der Waals surface area contributed by atoms with E-state index in [1.54, 1.807) is 12.4 Å². The zero-order valence-electron chi connectivity index (χ0n) is 10.5. The second-order valence-corrected chi connectivity index (χ2v) is 5.50. The lowest BCUT2D eigenvalue weighted by molar-refractivity contribution is -0.136. The van der Waals surface area contributed by atoms with Crippen molar-refractivity contribution < 1.29 is 14.7 Å². The predicted octanol–water partition coefficient (Wildman–Crippen LogP) is 2.21. The summed E-state index contributed by atoms with van der Waals surface area (Å²) in [6.45, 7) is 1.93. The second-order valence-electron chi connectivity index (χ2n) is 4.59. The van der Waals surface area contributed by atoms with E-state index in [0.717, 1.165) is 5.56 Å². The van der Waals surface area contributed by atoms with Crippen LogP contribution >= 0.6 is 11.3 Å². The summed E-state index contributed by atoms with van der Waals surface area (Å²) in [6, 6.07) is 1.81. The van der Waals surface area contributed by atoms with E-state index < -0.39 is 11.6 Å². The fourth-order valence-electron chi connectivity index (χ4n) is 1.86. The maximum atomic E-state index is 11.8. The lowest BCUT2D eigenvalue weighted by Gasteiger charge is -2.15. The quantitative estimate of drug-likeness (QED) is 0.810. The van der Waals surface area contributed by atoms with Gasteiger partial charge in [-0.15, -0.1) is 11.3 Å². The Morgan fingerprint density at radius 3 is 2.63 bits per heavy atom. The lowest BCUT2D eigenvalue weighted by Crippen LogP contribution is -2.19. The summed E-state index contributed by atoms with van der Waals surface area (Å²) in [5, 5.41) is 10.5. The number of aliphatic imine (C=N–C) groups is 2. The number of Topliss-reactive ketones (excluding diaryl/α,β-unsaturated/α-hetero) is 1. The largest absolute Gasteiger partial charge is 0.481 e. The van der Waals surface area contributed by atoms with E-state index in [4.69, 9.17) is 5.11 Å². The van der Waals surface area contributed by atoms with Crippen LogP contribution in [0.2, 0.25) is 0 Å². The molecule has 1 aliphatic heterocycles. The summed E-state index contributed by atoms with van der Waals surface area (Å²) in [5.41, 5.74) is 0.532. The molecule has 0 saturated heterocycles. The van der Waals surface area contributed by atoms with Gasteiger partial charge in [0.25, 0.3) is 0 Å². The molecule has 6 heteroatoms. The maximum Gasteiger partial charge on any atom is 0.303 e. The fraction of sp³-hybridized carbons (Fsp3) is 0.385. The molecule has 0 atom stereocenters. The summed E-state index contributed by atoms with van der Waals surface area (Å²) in [7, 11) is 0. The van der Waals surface area contributed by atoms with Gasteiger partial charge in [0.2, 0.25) is 0 Å². The van der Waals surface area contributed by atoms with Gasteiger partial charge < -0.3 is 5.11 Å². The van der Waals surface area contributed by atoms with Crippen LogP contribution in [0.1, 0.15) is 35.0 Å². The summed E-state index contributed by atoms with van der Waals surface area (Å²) in [6.07, 6.45) is 3.90. The van der Waals surface area contributed by atoms with E-state index in [-0.39, 0.29) is 18.6 Å². The molecule has 1 aliphatic rings. The van der Waals surface area contributed by atoms with Crippen LogP contribution < -0.4 is 0 Å². The molecule has 0 amide bonds. The molecule has 1 aromatic heterocycles. The molecule has 0 spiro atoms. The first-order chi connectivity index (χ1) is 8.98. The SMILES string of the molecule is CC1(Cc2csc(C(=O)CCC(=O)O)c2)N=CC=N1. The lowest BCUT2D eigenvalue weighted by atomic mass is 10.0. The summed E-state index contributed by atoms with van der Waals surface area (Å²) < 4.78 is 0. The monoisotopic (exact) mass is 278 g/mol. The summed E-state index contributed by atoms with van der Waals surface area (Å²) in [5.74, 6) is -1.07. The Labute approximate surface area is 114 Å². The molecule has 1 N–H and O–H groups in total. The third-order valence-electron chi connectivity index (χ3n) is 2.81. The standard InChI is InChI=1S/C13H14N2O3S/c1-13(14-4-5-15-13)7-9-6-11(19-8-9)10(16)2-3-12(17)18/h4-6,8H,2-3,7H2,1H3,(H,17,18). The molecular formula is C13H14N2O3S. The number of carbonyl (C=O) groups excluding carboxylic acids is 1. The maximum absolute atomic E-state index is 11.8. The van der Waals surface area contributed by atoms with Gasteiger partial charge >= 0.3 is 5.97 Å². The van der Waals surface area contributed by atoms with Crippen LogP contribution in [-0.2, 0) is 11.2 Å². The number of carboxylic acid groups (broad SMARTS) is 1. The van der Waals surface area contributed by atoms with E-state index in [0.29, 0.717) is 11.3 Å². The van der Waals surface area contributed by atoms with Crippen LogP contribution in [0, 0.1) is 0 Å². The number of hydrogen-bond acceptors (Lipinski definition) is 5. The van der Waals surface area contributed by atoms with Crippen LogP contribution in [0.5, 0.6) is 0 Å². The van der Waals surface area contributed by atoms with Crippen LogP contribution in [-0.4, -0.2) is 35.0 Å². The van der Waals surface area contributed by atoms with Gasteiger partial charge in [-0.1, -0.05) is 0 Å². The highest BCUT2D eigenvalue weighted by molar-refractivity contribution is 7.12. The van der Waals surface area contributed by atoms with Crippen molar-refractivity contribution >= 4 is 35.5 Å². The number of ketones is 1. The Balaban J connectivity index is 1.99. The topological polar surface area (TPSA) is 79.1 Å². The van der Waals surface area contributed by atoms with Crippen molar-refractivity contribution in [1.29, 1.82) is 0 Å². The third kappa shape index (κ3) is 3.57. The molecule has 0 unspecified atom stereocenters. The minimum absolute atomic E-state index is 0.0445. The number of thiophene rings is 1. The highest BCUT2D eigenvalue weighted by Gasteiger charge is 2.24. The van der Waals surface area contributed by atoms with Crippen molar-refractivity contribution in [2.24, 2.45) is 9.98 Å². The Bertz CT molecular complexity index is 548. The normalized spacial score (nSPS) is 15.8. The molecular weight excluding hydrogens is 264 g/mol. The Morgan fingerprint density at radius 2 is 2.00 bits per heavy atom. The minimum Gasteiger partial charge on any atom is -0.481 e. The molecule has 0 bridgehead atoms. The molecule has 19 heavy (non-hydrogen) atoms. The molecule has 0 saturated carbocycles. The average molecular weight is 278 g/mol. The van der Waals surface area contributed by atoms with E-state index in [1.807, 2.05) is 18.4 Å². The third-order valence-corrected chi connectivity index (χ3v) is 3.83. The van der Waals surface area contributed by atoms with Gasteiger partial charge in [0.05, 0.1) is 11.3 Å². The van der Waals surface area contributed by atoms with Gasteiger partial charge in [-0.25, -0.2) is 0 Å². The van der Waals surface area contributed by atoms with Crippen molar-refractivity contribution in [3.8, 4) is 0 Å². The number of carbonyl (C=O) groups is 2. The molecule has 1 aromatic rings. The Hall–Kier alpha value is -1.82. The van der Waals surface area contributed by atoms with Crippen LogP contribution in [0.4, 0.5) is 0 Å². The van der Waals surface area contributed by atoms with Crippen LogP contribution in [0.25, 0.3) is 0 Å². The number of carboxylic acids is 1. The smallest absolute Gasteiger partial charge is 0.303 e. The number of rotatable bonds is 6. The molecule has 2 heterocycles. The first-order valence-electron chi connectivity index (χ1n) is 5.90. The van der Waals surface area contributed by atoms with Gasteiger partial charge in [0, 0.05) is 25.3 Å². The molecule has 100 valence electrons. The minimum atomic E-state index is -0.952. The molecule has 0 aliphatic carbocycles. The van der Waals surface area contributed by atoms with Crippen molar-refractivity contribution in [2.45, 2.75) is 31.8 Å². The number of aliphatic carboxylic acids is 1. The molecule has 2 rings (SSSR count). The Kier molecular flexibility index (Phi) is 3.90. The first-order valence-corrected chi connectivity index (χ1v) is 6.78. The van der Waals surface area contributed by atoms with Gasteiger partial charge in [-0.3, -0.25) is 19.6 Å². The fourth-order valence-corrected chi connectivity index (χ4v) is 2.74. The van der Waals surface area contributed by atoms with Crippen molar-refractivity contribution in [3.05, 3.63) is 21.9 Å². The van der Waals surface area contributed by atoms with E-state index in [9.17, 15) is 9.59 Å². The van der Waals surface area contributed by atoms with E-state index >= 15 is 0 Å². The molecule has 0 aromatic carbocycles. The summed E-state index contributed by atoms with van der Waals surface area (Å²) in [4.78, 5) is 31.3. The van der Waals surface area contributed by atoms with Crippen molar-refractivity contribution in [3.63, 3.8) is 0 Å². The van der Waals surface area contributed by atoms with Crippen LogP contribution in [0.15, 0.2) is 21.4 Å². The van der Waals surface area contributed by atoms with Crippen LogP contribution in [0.3, 0.4) is 0 Å². The van der Waals surface area contributed by atoms with Gasteiger partial charge in [-0.2, -0.15) is 0 Å². The molecule has 5 nitrogen and oxygen atoms in total. The van der Waals surface area contributed by atoms with E-state index in [1.165, 1.54) is 11.3 Å². The zero-order valence-corrected chi connectivity index (χ0v) is 11.3. The average Bonchev–Trinajstić information content (AvgIpc) is 2.96. The molecule has 0 fully saturated rings. The predicted molar refractivity (Wildman–Crippen MR) is 74.6 cm³/mol. The highest BCUT2D eigenvalue weighted by Crippen LogP contribution is 2.25. The Morgan fingerprint density at radius 1 is 1.32 bits per heavy atom. The molecule has 0 radical (unpaired) electrons. The second kappa shape index (κ2) is 5.44. The van der Waals surface area contributed by atoms with Gasteiger partial charge in [0.1, 0.15) is 0 Å². The first kappa shape index (κ1) is 13.6. The number of nitrogens with zero attached hydrogens (tertiary/aromatic N) is 2. The summed E-state index contributed by atoms with van der Waals surface area (Å²) >= 11 is 1.35. The number of hydrogen-bond donors (Lipinski definition) is 1. The van der Waals surface area contributed by atoms with Gasteiger partial charge in [-0.05, 0) is 23.9 Å². The van der Waals surface area contributed by atoms with Gasteiger partial charge in [0.15, 0.2) is 11.4 Å². The van der Waals surface area contributed by atoms with Crippen molar-refractivity contribution in [2.75, 3.05) is 0 Å².